The highest BCUT2D eigenvalue weighted by atomic mass is 79.9. The molecule has 1 amide bonds. The van der Waals surface area contributed by atoms with Crippen LogP contribution < -0.4 is 11.1 Å². The number of carbonyl (C=O) groups excluding carboxylic acids is 1. The van der Waals surface area contributed by atoms with Gasteiger partial charge in [-0.1, -0.05) is 28.1 Å². The zero-order valence-corrected chi connectivity index (χ0v) is 16.3. The van der Waals surface area contributed by atoms with Gasteiger partial charge >= 0.3 is 0 Å². The molecule has 9 heteroatoms. The van der Waals surface area contributed by atoms with Crippen molar-refractivity contribution in [2.45, 2.75) is 0 Å². The minimum Gasteiger partial charge on any atom is -0.427 e. The minimum atomic E-state index is -0.601. The highest BCUT2D eigenvalue weighted by molar-refractivity contribution is 9.10. The van der Waals surface area contributed by atoms with Gasteiger partial charge < -0.3 is 15.2 Å². The average Bonchev–Trinajstić information content (AvgIpc) is 3.09. The number of anilines is 1. The molecule has 6 nitrogen and oxygen atoms in total. The largest absolute Gasteiger partial charge is 0.427 e. The van der Waals surface area contributed by atoms with E-state index in [-0.39, 0.29) is 5.69 Å². The van der Waals surface area contributed by atoms with Crippen LogP contribution in [0.1, 0.15) is 10.5 Å². The van der Waals surface area contributed by atoms with E-state index in [1.165, 1.54) is 23.4 Å². The lowest BCUT2D eigenvalue weighted by Gasteiger charge is -2.11. The molecular formula is C17H11BrN4O2S2. The van der Waals surface area contributed by atoms with Crippen molar-refractivity contribution in [2.75, 3.05) is 5.32 Å². The first-order chi connectivity index (χ1) is 12.6. The molecule has 1 aliphatic heterocycles. The van der Waals surface area contributed by atoms with Gasteiger partial charge in [0.2, 0.25) is 0 Å². The Hall–Kier alpha value is -2.36. The van der Waals surface area contributed by atoms with E-state index in [1.807, 2.05) is 36.4 Å². The van der Waals surface area contributed by atoms with Crippen LogP contribution in [0.25, 0.3) is 20.5 Å². The number of nitrogens with two attached hydrogens (primary N) is 1. The lowest BCUT2D eigenvalue weighted by Crippen LogP contribution is -2.14. The zero-order chi connectivity index (χ0) is 18.1. The summed E-state index contributed by atoms with van der Waals surface area (Å²) in [5.41, 5.74) is 6.68. The van der Waals surface area contributed by atoms with E-state index < -0.39 is 5.91 Å². The summed E-state index contributed by atoms with van der Waals surface area (Å²) in [6.45, 7) is 0. The molecule has 130 valence electrons. The average molecular weight is 447 g/mol. The number of carbonyl (C=O) groups is 1. The predicted octanol–water partition coefficient (Wildman–Crippen LogP) is 4.67. The number of benzene rings is 1. The molecule has 0 spiro atoms. The quantitative estimate of drug-likeness (QED) is 0.566. The standard InChI is InChI=1S/C17H11BrN4O2S2/c18-10-5-3-9(4-6-10)12-8-11-15(25-12)14(16(19)23)21-22-17(11)20-13-2-1-7-24-26-13/h1-8H,(H2,19,23)(H,20,22). The smallest absolute Gasteiger partial charge is 0.270 e. The number of allylic oxidation sites excluding steroid dienone is 2. The molecule has 0 saturated carbocycles. The van der Waals surface area contributed by atoms with Crippen molar-refractivity contribution in [1.29, 1.82) is 0 Å². The SMILES string of the molecule is NC(=O)c1nnc(NC2=CC=COS2)c2cc(-c3ccc(Br)cc3)sc12. The number of nitrogens with one attached hydrogen (secondary N) is 1. The Balaban J connectivity index is 1.84. The molecule has 3 heterocycles. The number of hydrogen-bond donors (Lipinski definition) is 2. The summed E-state index contributed by atoms with van der Waals surface area (Å²) >= 11 is 6.08. The van der Waals surface area contributed by atoms with E-state index in [9.17, 15) is 4.79 Å². The Bertz CT molecular complexity index is 1060. The van der Waals surface area contributed by atoms with E-state index in [1.54, 1.807) is 12.3 Å². The molecule has 26 heavy (non-hydrogen) atoms. The van der Waals surface area contributed by atoms with Gasteiger partial charge in [-0.15, -0.1) is 21.5 Å². The molecule has 3 N–H and O–H groups in total. The maximum absolute atomic E-state index is 11.8. The maximum Gasteiger partial charge on any atom is 0.270 e. The summed E-state index contributed by atoms with van der Waals surface area (Å²) in [6.07, 6.45) is 5.23. The summed E-state index contributed by atoms with van der Waals surface area (Å²) < 4.78 is 6.90. The second-order valence-corrected chi connectivity index (χ2v) is 8.05. The second-order valence-electron chi connectivity index (χ2n) is 5.29. The normalized spacial score (nSPS) is 13.3. The highest BCUT2D eigenvalue weighted by Gasteiger charge is 2.18. The van der Waals surface area contributed by atoms with E-state index in [0.717, 1.165) is 25.3 Å². The molecule has 1 aliphatic rings. The molecule has 4 rings (SSSR count). The van der Waals surface area contributed by atoms with Gasteiger partial charge in [0.25, 0.3) is 5.91 Å². The van der Waals surface area contributed by atoms with Crippen LogP contribution in [0.15, 0.2) is 58.2 Å². The van der Waals surface area contributed by atoms with Crippen LogP contribution in [0, 0.1) is 0 Å². The van der Waals surface area contributed by atoms with Crippen molar-refractivity contribution in [3.8, 4) is 10.4 Å². The van der Waals surface area contributed by atoms with Crippen molar-refractivity contribution in [2.24, 2.45) is 5.73 Å². The number of rotatable bonds is 4. The Morgan fingerprint density at radius 3 is 2.73 bits per heavy atom. The van der Waals surface area contributed by atoms with Gasteiger partial charge in [-0.3, -0.25) is 4.79 Å². The first-order valence-electron chi connectivity index (χ1n) is 7.45. The number of nitrogens with zero attached hydrogens (tertiary/aromatic N) is 2. The number of amides is 1. The molecule has 0 radical (unpaired) electrons. The third-order valence-corrected chi connectivity index (χ3v) is 5.92. The number of halogens is 1. The van der Waals surface area contributed by atoms with Gasteiger partial charge in [0, 0.05) is 14.7 Å². The fourth-order valence-corrected chi connectivity index (χ4v) is 4.31. The molecule has 0 unspecified atom stereocenters. The first-order valence-corrected chi connectivity index (χ1v) is 9.80. The first kappa shape index (κ1) is 17.1. The number of aromatic nitrogens is 2. The fourth-order valence-electron chi connectivity index (χ4n) is 2.40. The van der Waals surface area contributed by atoms with Crippen LogP contribution in [-0.2, 0) is 4.18 Å². The lowest BCUT2D eigenvalue weighted by atomic mass is 10.1. The summed E-state index contributed by atoms with van der Waals surface area (Å²) in [5, 5.41) is 12.9. The van der Waals surface area contributed by atoms with Crippen molar-refractivity contribution in [3.63, 3.8) is 0 Å². The zero-order valence-electron chi connectivity index (χ0n) is 13.1. The van der Waals surface area contributed by atoms with Gasteiger partial charge in [-0.05, 0) is 35.9 Å². The maximum atomic E-state index is 11.8. The fraction of sp³-hybridized carbons (Fsp3) is 0. The number of thiophene rings is 1. The molecule has 0 bridgehead atoms. The van der Waals surface area contributed by atoms with E-state index in [2.05, 4.69) is 31.4 Å². The molecule has 0 atom stereocenters. The Morgan fingerprint density at radius 2 is 2.04 bits per heavy atom. The van der Waals surface area contributed by atoms with Crippen molar-refractivity contribution in [3.05, 3.63) is 63.9 Å². The monoisotopic (exact) mass is 446 g/mol. The molecule has 3 aromatic rings. The molecule has 2 aromatic heterocycles. The number of hydrogen-bond acceptors (Lipinski definition) is 7. The van der Waals surface area contributed by atoms with Crippen LogP contribution in [0.2, 0.25) is 0 Å². The second kappa shape index (κ2) is 7.10. The number of fused-ring (bicyclic) bond motifs is 1. The van der Waals surface area contributed by atoms with Crippen molar-refractivity contribution in [1.82, 2.24) is 10.2 Å². The van der Waals surface area contributed by atoms with Crippen molar-refractivity contribution >= 4 is 61.1 Å². The van der Waals surface area contributed by atoms with Crippen LogP contribution in [0.5, 0.6) is 0 Å². The molecule has 1 aromatic carbocycles. The van der Waals surface area contributed by atoms with Gasteiger partial charge in [-0.25, -0.2) is 0 Å². The van der Waals surface area contributed by atoms with E-state index in [4.69, 9.17) is 9.92 Å². The topological polar surface area (TPSA) is 90.1 Å². The molecule has 0 aliphatic carbocycles. The summed E-state index contributed by atoms with van der Waals surface area (Å²) in [7, 11) is 0. The van der Waals surface area contributed by atoms with Crippen molar-refractivity contribution < 1.29 is 8.98 Å². The van der Waals surface area contributed by atoms with E-state index >= 15 is 0 Å². The Labute approximate surface area is 165 Å². The minimum absolute atomic E-state index is 0.167. The van der Waals surface area contributed by atoms with Crippen LogP contribution in [0.3, 0.4) is 0 Å². The summed E-state index contributed by atoms with van der Waals surface area (Å²) in [6, 6.07) is 9.93. The Morgan fingerprint density at radius 1 is 1.23 bits per heavy atom. The highest BCUT2D eigenvalue weighted by Crippen LogP contribution is 2.38. The van der Waals surface area contributed by atoms with Gasteiger partial charge in [-0.2, -0.15) is 0 Å². The molecular weight excluding hydrogens is 436 g/mol. The van der Waals surface area contributed by atoms with Crippen LogP contribution >= 0.6 is 39.3 Å². The summed E-state index contributed by atoms with van der Waals surface area (Å²) in [5.74, 6) is -0.0574. The lowest BCUT2D eigenvalue weighted by molar-refractivity contribution is 0.0996. The summed E-state index contributed by atoms with van der Waals surface area (Å²) in [4.78, 5) is 12.8. The third-order valence-electron chi connectivity index (χ3n) is 3.58. The number of primary amides is 1. The van der Waals surface area contributed by atoms with Gasteiger partial charge in [0.1, 0.15) is 23.3 Å². The molecule has 0 saturated heterocycles. The van der Waals surface area contributed by atoms with Gasteiger partial charge in [0.05, 0.1) is 4.70 Å². The third kappa shape index (κ3) is 3.33. The molecule has 0 fully saturated rings. The van der Waals surface area contributed by atoms with Gasteiger partial charge in [0.15, 0.2) is 11.5 Å². The van der Waals surface area contributed by atoms with E-state index in [0.29, 0.717) is 10.5 Å². The van der Waals surface area contributed by atoms with Crippen LogP contribution in [-0.4, -0.2) is 16.1 Å². The predicted molar refractivity (Wildman–Crippen MR) is 109 cm³/mol. The Kier molecular flexibility index (Phi) is 4.66. The van der Waals surface area contributed by atoms with Crippen LogP contribution in [0.4, 0.5) is 5.82 Å².